The standard InChI is InChI=1S/C7H11NO3.C6H6/c1-3-6(8-5-9)7(10)11-4-2;1-2-4-6-5-3-1/h3,5H,4H2,1-2H3,(H,8,9);1-6H/b6-3+;. The third-order valence-electron chi connectivity index (χ3n) is 1.67. The third kappa shape index (κ3) is 7.79. The number of allylic oxidation sites excluding steroid dienone is 1. The van der Waals surface area contributed by atoms with Gasteiger partial charge in [0, 0.05) is 0 Å². The molecule has 0 atom stereocenters. The zero-order chi connectivity index (χ0) is 12.9. The number of benzene rings is 1. The summed E-state index contributed by atoms with van der Waals surface area (Å²) < 4.78 is 4.62. The summed E-state index contributed by atoms with van der Waals surface area (Å²) >= 11 is 0. The molecule has 1 N–H and O–H groups in total. The fourth-order valence-corrected chi connectivity index (χ4v) is 0.917. The molecule has 17 heavy (non-hydrogen) atoms. The van der Waals surface area contributed by atoms with E-state index in [2.05, 4.69) is 10.1 Å². The lowest BCUT2D eigenvalue weighted by Crippen LogP contribution is -2.20. The van der Waals surface area contributed by atoms with Gasteiger partial charge in [0.25, 0.3) is 0 Å². The molecular weight excluding hydrogens is 218 g/mol. The van der Waals surface area contributed by atoms with Gasteiger partial charge >= 0.3 is 5.97 Å². The molecule has 0 saturated heterocycles. The number of amides is 1. The predicted octanol–water partition coefficient (Wildman–Crippen LogP) is 1.89. The first-order valence-corrected chi connectivity index (χ1v) is 5.29. The highest BCUT2D eigenvalue weighted by Gasteiger charge is 2.06. The third-order valence-corrected chi connectivity index (χ3v) is 1.67. The van der Waals surface area contributed by atoms with Crippen molar-refractivity contribution in [2.45, 2.75) is 13.8 Å². The Balaban J connectivity index is 0.000000354. The summed E-state index contributed by atoms with van der Waals surface area (Å²) in [6.07, 6.45) is 1.92. The van der Waals surface area contributed by atoms with Crippen LogP contribution in [0.5, 0.6) is 0 Å². The van der Waals surface area contributed by atoms with Gasteiger partial charge in [-0.15, -0.1) is 0 Å². The maximum absolute atomic E-state index is 10.9. The lowest BCUT2D eigenvalue weighted by molar-refractivity contribution is -0.139. The second-order valence-corrected chi connectivity index (χ2v) is 2.84. The number of ether oxygens (including phenoxy) is 1. The van der Waals surface area contributed by atoms with E-state index in [9.17, 15) is 9.59 Å². The van der Waals surface area contributed by atoms with Crippen LogP contribution in [0.15, 0.2) is 48.2 Å². The molecule has 0 spiro atoms. The minimum Gasteiger partial charge on any atom is -0.461 e. The summed E-state index contributed by atoms with van der Waals surface area (Å²) in [5.74, 6) is -0.512. The summed E-state index contributed by atoms with van der Waals surface area (Å²) in [4.78, 5) is 20.8. The van der Waals surface area contributed by atoms with Gasteiger partial charge in [0.1, 0.15) is 5.70 Å². The van der Waals surface area contributed by atoms with E-state index in [-0.39, 0.29) is 5.70 Å². The zero-order valence-corrected chi connectivity index (χ0v) is 10.1. The van der Waals surface area contributed by atoms with Gasteiger partial charge in [0.2, 0.25) is 6.41 Å². The van der Waals surface area contributed by atoms with Gasteiger partial charge in [0.15, 0.2) is 0 Å². The fourth-order valence-electron chi connectivity index (χ4n) is 0.917. The molecule has 0 fully saturated rings. The Bertz CT molecular complexity index is 320. The Morgan fingerprint density at radius 2 is 1.65 bits per heavy atom. The highest BCUT2D eigenvalue weighted by molar-refractivity contribution is 5.90. The molecule has 1 amide bonds. The molecule has 0 heterocycles. The van der Waals surface area contributed by atoms with E-state index in [0.29, 0.717) is 13.0 Å². The summed E-state index contributed by atoms with van der Waals surface area (Å²) in [7, 11) is 0. The van der Waals surface area contributed by atoms with Crippen molar-refractivity contribution in [3.63, 3.8) is 0 Å². The molecule has 1 aromatic carbocycles. The smallest absolute Gasteiger partial charge is 0.354 e. The van der Waals surface area contributed by atoms with Crippen molar-refractivity contribution in [2.24, 2.45) is 0 Å². The van der Waals surface area contributed by atoms with E-state index in [1.54, 1.807) is 13.8 Å². The molecule has 1 rings (SSSR count). The minimum atomic E-state index is -0.512. The molecule has 0 radical (unpaired) electrons. The zero-order valence-electron chi connectivity index (χ0n) is 10.1. The highest BCUT2D eigenvalue weighted by Crippen LogP contribution is 1.91. The highest BCUT2D eigenvalue weighted by atomic mass is 16.5. The van der Waals surface area contributed by atoms with Crippen LogP contribution in [0.2, 0.25) is 0 Å². The Morgan fingerprint density at radius 3 is 1.94 bits per heavy atom. The van der Waals surface area contributed by atoms with Crippen LogP contribution in [-0.4, -0.2) is 19.0 Å². The molecule has 0 aromatic heterocycles. The van der Waals surface area contributed by atoms with E-state index >= 15 is 0 Å². The maximum atomic E-state index is 10.9. The molecule has 0 saturated carbocycles. The molecule has 1 aromatic rings. The molecule has 0 bridgehead atoms. The first-order valence-electron chi connectivity index (χ1n) is 5.29. The lowest BCUT2D eigenvalue weighted by atomic mass is 10.4. The first kappa shape index (κ1) is 14.9. The second-order valence-electron chi connectivity index (χ2n) is 2.84. The fraction of sp³-hybridized carbons (Fsp3) is 0.231. The van der Waals surface area contributed by atoms with Crippen molar-refractivity contribution in [1.29, 1.82) is 0 Å². The average Bonchev–Trinajstić information content (AvgIpc) is 2.39. The summed E-state index contributed by atoms with van der Waals surface area (Å²) in [6.45, 7) is 3.64. The number of hydrogen-bond donors (Lipinski definition) is 1. The Kier molecular flexibility index (Phi) is 9.13. The Hall–Kier alpha value is -2.10. The van der Waals surface area contributed by atoms with Gasteiger partial charge in [-0.25, -0.2) is 4.79 Å². The molecule has 0 aliphatic carbocycles. The number of carbonyl (C=O) groups is 2. The Morgan fingerprint density at radius 1 is 1.18 bits per heavy atom. The van der Waals surface area contributed by atoms with Crippen molar-refractivity contribution < 1.29 is 14.3 Å². The molecule has 0 unspecified atom stereocenters. The predicted molar refractivity (Wildman–Crippen MR) is 66.0 cm³/mol. The first-order chi connectivity index (χ1) is 8.26. The molecule has 4 nitrogen and oxygen atoms in total. The second kappa shape index (κ2) is 10.4. The quantitative estimate of drug-likeness (QED) is 0.492. The van der Waals surface area contributed by atoms with Crippen LogP contribution in [0, 0.1) is 0 Å². The number of carbonyl (C=O) groups excluding carboxylic acids is 2. The SMILES string of the molecule is C/C=C(/NC=O)C(=O)OCC.c1ccccc1. The lowest BCUT2D eigenvalue weighted by Gasteiger charge is -2.02. The van der Waals surface area contributed by atoms with Crippen LogP contribution < -0.4 is 5.32 Å². The van der Waals surface area contributed by atoms with E-state index in [4.69, 9.17) is 0 Å². The number of nitrogens with one attached hydrogen (secondary N) is 1. The Labute approximate surface area is 101 Å². The van der Waals surface area contributed by atoms with Crippen molar-refractivity contribution in [1.82, 2.24) is 5.32 Å². The van der Waals surface area contributed by atoms with Crippen molar-refractivity contribution in [2.75, 3.05) is 6.61 Å². The maximum Gasteiger partial charge on any atom is 0.354 e. The molecule has 0 aliphatic heterocycles. The summed E-state index contributed by atoms with van der Waals surface area (Å²) in [6, 6.07) is 12.0. The number of hydrogen-bond acceptors (Lipinski definition) is 3. The van der Waals surface area contributed by atoms with Crippen LogP contribution in [0.3, 0.4) is 0 Å². The number of esters is 1. The number of rotatable bonds is 4. The summed E-state index contributed by atoms with van der Waals surface area (Å²) in [5.41, 5.74) is 0.168. The van der Waals surface area contributed by atoms with E-state index in [1.165, 1.54) is 6.08 Å². The molecule has 0 aliphatic rings. The van der Waals surface area contributed by atoms with Crippen LogP contribution in [0.25, 0.3) is 0 Å². The molecule has 4 heteroatoms. The van der Waals surface area contributed by atoms with Crippen molar-refractivity contribution >= 4 is 12.4 Å². The molecular formula is C13H17NO3. The van der Waals surface area contributed by atoms with Crippen LogP contribution >= 0.6 is 0 Å². The van der Waals surface area contributed by atoms with Gasteiger partial charge in [-0.2, -0.15) is 0 Å². The van der Waals surface area contributed by atoms with E-state index < -0.39 is 5.97 Å². The largest absolute Gasteiger partial charge is 0.461 e. The van der Waals surface area contributed by atoms with Gasteiger partial charge in [-0.3, -0.25) is 4.79 Å². The minimum absolute atomic E-state index is 0.168. The monoisotopic (exact) mass is 235 g/mol. The average molecular weight is 235 g/mol. The van der Waals surface area contributed by atoms with Crippen molar-refractivity contribution in [3.05, 3.63) is 48.2 Å². The van der Waals surface area contributed by atoms with Crippen LogP contribution in [-0.2, 0) is 14.3 Å². The van der Waals surface area contributed by atoms with Gasteiger partial charge in [-0.1, -0.05) is 42.5 Å². The van der Waals surface area contributed by atoms with Crippen molar-refractivity contribution in [3.8, 4) is 0 Å². The van der Waals surface area contributed by atoms with Crippen LogP contribution in [0.4, 0.5) is 0 Å². The van der Waals surface area contributed by atoms with Gasteiger partial charge in [0.05, 0.1) is 6.61 Å². The van der Waals surface area contributed by atoms with Gasteiger partial charge in [-0.05, 0) is 13.8 Å². The topological polar surface area (TPSA) is 55.4 Å². The summed E-state index contributed by atoms with van der Waals surface area (Å²) in [5, 5.41) is 2.22. The molecule has 92 valence electrons. The van der Waals surface area contributed by atoms with Crippen LogP contribution in [0.1, 0.15) is 13.8 Å². The van der Waals surface area contributed by atoms with E-state index in [0.717, 1.165) is 0 Å². The normalized spacial score (nSPS) is 9.65. The van der Waals surface area contributed by atoms with E-state index in [1.807, 2.05) is 36.4 Å². The van der Waals surface area contributed by atoms with Gasteiger partial charge < -0.3 is 10.1 Å².